The van der Waals surface area contributed by atoms with Crippen molar-refractivity contribution in [3.05, 3.63) is 341 Å². The first-order chi connectivity index (χ1) is 43.2. The van der Waals surface area contributed by atoms with Gasteiger partial charge in [-0.1, -0.05) is 257 Å². The van der Waals surface area contributed by atoms with Crippen LogP contribution < -0.4 is 9.80 Å². The molecule has 0 amide bonds. The number of anilines is 6. The average molecular weight is 1150 g/mol. The second kappa shape index (κ2) is 20.1. The first-order valence-electron chi connectivity index (χ1n) is 31.1. The number of nitrogens with zero attached hydrogens (tertiary/aromatic N) is 2. The lowest BCUT2D eigenvalue weighted by Gasteiger charge is -2.42. The van der Waals surface area contributed by atoms with Gasteiger partial charge in [-0.3, -0.25) is 0 Å². The molecular weight excluding hydrogens is 1080 g/mol. The first-order valence-corrected chi connectivity index (χ1v) is 31.9. The molecule has 2 nitrogen and oxygen atoms in total. The summed E-state index contributed by atoms with van der Waals surface area (Å²) in [4.78, 5) is 7.61. The topological polar surface area (TPSA) is 6.48 Å². The minimum absolute atomic E-state index is 0.119. The lowest BCUT2D eigenvalue weighted by atomic mass is 9.66. The van der Waals surface area contributed by atoms with Crippen LogP contribution in [0.5, 0.6) is 0 Å². The van der Waals surface area contributed by atoms with Gasteiger partial charge >= 0.3 is 0 Å². The Morgan fingerprint density at radius 1 is 0.330 bits per heavy atom. The fraction of sp³-hybridized carbons (Fsp3) is 0.106. The maximum atomic E-state index is 2.60. The van der Waals surface area contributed by atoms with Crippen molar-refractivity contribution in [3.8, 4) is 55.6 Å². The monoisotopic (exact) mass is 1140 g/mol. The van der Waals surface area contributed by atoms with E-state index in [1.165, 1.54) is 110 Å². The van der Waals surface area contributed by atoms with Gasteiger partial charge in [0.1, 0.15) is 0 Å². The molecule has 12 aromatic carbocycles. The molecule has 0 bridgehead atoms. The van der Waals surface area contributed by atoms with Gasteiger partial charge in [0.05, 0.1) is 11.1 Å². The van der Waals surface area contributed by atoms with E-state index in [0.29, 0.717) is 0 Å². The molecule has 0 saturated heterocycles. The number of fused-ring (bicyclic) bond motifs is 14. The van der Waals surface area contributed by atoms with Crippen LogP contribution in [0.3, 0.4) is 0 Å². The van der Waals surface area contributed by atoms with E-state index in [0.717, 1.165) is 52.5 Å². The molecule has 1 aliphatic heterocycles. The molecule has 0 fully saturated rings. The van der Waals surface area contributed by atoms with Crippen LogP contribution in [0.15, 0.2) is 307 Å². The van der Waals surface area contributed by atoms with E-state index in [1.54, 1.807) is 5.57 Å². The zero-order valence-electron chi connectivity index (χ0n) is 49.9. The van der Waals surface area contributed by atoms with Crippen LogP contribution in [0, 0.1) is 0 Å². The fourth-order valence-electron chi connectivity index (χ4n) is 15.9. The molecule has 88 heavy (non-hydrogen) atoms. The van der Waals surface area contributed by atoms with Crippen molar-refractivity contribution in [1.29, 1.82) is 0 Å². The SMILES string of the molecule is CC1(C)C2=C(C=CCC2)c2ccc(N(c3ccc(-c4ccccc4)cc3)c3ccc(-c4ccc(N(c5ccc(-c6ccccc6)cc5)c5ccc6c(c5)C(C)(C)c5ccccc5-6)cc4)c4c3C3(c5ccccc5Sc5ccccc53)c3ccccc3-4)cc21. The third kappa shape index (κ3) is 7.82. The summed E-state index contributed by atoms with van der Waals surface area (Å²) in [6.45, 7) is 9.64. The number of allylic oxidation sites excluding steroid dienone is 4. The Kier molecular flexibility index (Phi) is 12.0. The Hall–Kier alpha value is -9.93. The predicted octanol–water partition coefficient (Wildman–Crippen LogP) is 23.2. The van der Waals surface area contributed by atoms with Gasteiger partial charge < -0.3 is 9.80 Å². The minimum Gasteiger partial charge on any atom is -0.310 e. The highest BCUT2D eigenvalue weighted by molar-refractivity contribution is 7.99. The zero-order chi connectivity index (χ0) is 58.9. The molecule has 5 aliphatic rings. The van der Waals surface area contributed by atoms with Gasteiger partial charge in [-0.25, -0.2) is 0 Å². The summed E-state index contributed by atoms with van der Waals surface area (Å²) < 4.78 is 0. The quantitative estimate of drug-likeness (QED) is 0.142. The van der Waals surface area contributed by atoms with Gasteiger partial charge in [0, 0.05) is 54.6 Å². The van der Waals surface area contributed by atoms with Crippen molar-refractivity contribution < 1.29 is 0 Å². The highest BCUT2D eigenvalue weighted by atomic mass is 32.2. The molecule has 1 spiro atoms. The maximum absolute atomic E-state index is 2.60. The van der Waals surface area contributed by atoms with Gasteiger partial charge in [0.25, 0.3) is 0 Å². The molecule has 0 aromatic heterocycles. The molecule has 0 saturated carbocycles. The van der Waals surface area contributed by atoms with Crippen LogP contribution in [0.1, 0.15) is 85.0 Å². The van der Waals surface area contributed by atoms with Crippen molar-refractivity contribution in [3.63, 3.8) is 0 Å². The van der Waals surface area contributed by atoms with Crippen LogP contribution in [0.25, 0.3) is 61.2 Å². The van der Waals surface area contributed by atoms with Crippen LogP contribution in [-0.4, -0.2) is 0 Å². The van der Waals surface area contributed by atoms with E-state index in [4.69, 9.17) is 0 Å². The molecule has 0 N–H and O–H groups in total. The van der Waals surface area contributed by atoms with Crippen molar-refractivity contribution in [2.45, 2.75) is 66.6 Å². The summed E-state index contributed by atoms with van der Waals surface area (Å²) in [5, 5.41) is 0. The van der Waals surface area contributed by atoms with Crippen molar-refractivity contribution in [1.82, 2.24) is 0 Å². The Morgan fingerprint density at radius 3 is 1.39 bits per heavy atom. The summed E-state index contributed by atoms with van der Waals surface area (Å²) in [5.41, 5.74) is 31.8. The molecule has 12 aromatic rings. The lowest BCUT2D eigenvalue weighted by Crippen LogP contribution is -2.33. The average Bonchev–Trinajstić information content (AvgIpc) is 1.53. The number of rotatable bonds is 9. The van der Waals surface area contributed by atoms with E-state index in [1.807, 2.05) is 11.8 Å². The fourth-order valence-corrected chi connectivity index (χ4v) is 17.1. The molecule has 17 rings (SSSR count). The van der Waals surface area contributed by atoms with Crippen LogP contribution in [0.4, 0.5) is 34.1 Å². The van der Waals surface area contributed by atoms with Gasteiger partial charge in [0.15, 0.2) is 0 Å². The summed E-state index contributed by atoms with van der Waals surface area (Å²) in [7, 11) is 0. The molecule has 0 radical (unpaired) electrons. The van der Waals surface area contributed by atoms with Gasteiger partial charge in [-0.05, 0) is 192 Å². The predicted molar refractivity (Wildman–Crippen MR) is 369 cm³/mol. The molecule has 1 heterocycles. The number of hydrogen-bond acceptors (Lipinski definition) is 3. The largest absolute Gasteiger partial charge is 0.310 e. The van der Waals surface area contributed by atoms with E-state index in [9.17, 15) is 0 Å². The number of hydrogen-bond donors (Lipinski definition) is 0. The number of benzene rings is 12. The van der Waals surface area contributed by atoms with Crippen LogP contribution in [0.2, 0.25) is 0 Å². The maximum Gasteiger partial charge on any atom is 0.0756 e. The third-order valence-corrected chi connectivity index (χ3v) is 21.2. The second-order valence-electron chi connectivity index (χ2n) is 25.4. The van der Waals surface area contributed by atoms with Crippen molar-refractivity contribution in [2.24, 2.45) is 0 Å². The smallest absolute Gasteiger partial charge is 0.0756 e. The normalized spacial score (nSPS) is 15.3. The summed E-state index contributed by atoms with van der Waals surface area (Å²) >= 11 is 1.90. The Bertz CT molecular complexity index is 4810. The Balaban J connectivity index is 0.891. The first kappa shape index (κ1) is 52.4. The molecular formula is C85H64N2S. The van der Waals surface area contributed by atoms with Crippen molar-refractivity contribution >= 4 is 51.5 Å². The van der Waals surface area contributed by atoms with Gasteiger partial charge in [-0.2, -0.15) is 0 Å². The van der Waals surface area contributed by atoms with E-state index < -0.39 is 5.41 Å². The minimum atomic E-state index is -0.678. The molecule has 0 atom stereocenters. The molecule has 3 heteroatoms. The second-order valence-corrected chi connectivity index (χ2v) is 26.5. The zero-order valence-corrected chi connectivity index (χ0v) is 50.7. The molecule has 4 aliphatic carbocycles. The summed E-state index contributed by atoms with van der Waals surface area (Å²) in [5.74, 6) is 0. The summed E-state index contributed by atoms with van der Waals surface area (Å²) in [6.07, 6.45) is 6.91. The summed E-state index contributed by atoms with van der Waals surface area (Å²) in [6, 6.07) is 105. The standard InChI is InChI=1S/C85H64N2S/c1-83(2)71-28-14-11-25-66(71)68-49-47-63(53-76(68)83)86(60-41-35-57(36-42-60)55-21-7-5-8-22-55)61-45-39-59(40-46-61)65-51-52-78(82-81(65)70-27-13-16-30-73(70)85(82)74-31-17-19-33-79(74)88-80-34-20-18-32-75(80)85)87(62-43-37-58(38-44-62)56-23-9-6-10-24-56)64-48-50-69-67-26-12-15-29-72(67)84(3,4)77(69)54-64/h5-14,16-28,30-54H,15,29H2,1-4H3. The van der Waals surface area contributed by atoms with E-state index in [-0.39, 0.29) is 10.8 Å². The van der Waals surface area contributed by atoms with E-state index in [2.05, 4.69) is 329 Å². The van der Waals surface area contributed by atoms with E-state index >= 15 is 0 Å². The van der Waals surface area contributed by atoms with Crippen molar-refractivity contribution in [2.75, 3.05) is 9.80 Å². The van der Waals surface area contributed by atoms with Crippen LogP contribution in [-0.2, 0) is 16.2 Å². The molecule has 0 unspecified atom stereocenters. The van der Waals surface area contributed by atoms with Gasteiger partial charge in [-0.15, -0.1) is 0 Å². The highest BCUT2D eigenvalue weighted by Gasteiger charge is 2.53. The highest BCUT2D eigenvalue weighted by Crippen LogP contribution is 2.67. The van der Waals surface area contributed by atoms with Crippen LogP contribution >= 0.6 is 11.8 Å². The third-order valence-electron chi connectivity index (χ3n) is 20.1. The molecule has 420 valence electrons. The lowest BCUT2D eigenvalue weighted by molar-refractivity contribution is 0.607. The Morgan fingerprint density at radius 2 is 0.773 bits per heavy atom. The van der Waals surface area contributed by atoms with Gasteiger partial charge in [0.2, 0.25) is 0 Å². The Labute approximate surface area is 521 Å².